The van der Waals surface area contributed by atoms with Gasteiger partial charge in [0.15, 0.2) is 0 Å². The van der Waals surface area contributed by atoms with E-state index in [1.165, 1.54) is 17.5 Å². The van der Waals surface area contributed by atoms with Crippen LogP contribution in [0.15, 0.2) is 24.5 Å². The van der Waals surface area contributed by atoms with E-state index in [1.807, 2.05) is 6.33 Å². The predicted molar refractivity (Wildman–Crippen MR) is 52.8 cm³/mol. The van der Waals surface area contributed by atoms with Gasteiger partial charge in [0.25, 0.3) is 0 Å². The fraction of sp³-hybridized carbons (Fsp3) is 0.364. The summed E-state index contributed by atoms with van der Waals surface area (Å²) in [7, 11) is 0. The van der Waals surface area contributed by atoms with Crippen LogP contribution in [0.4, 0.5) is 0 Å². The highest BCUT2D eigenvalue weighted by molar-refractivity contribution is 5.80. The predicted octanol–water partition coefficient (Wildman–Crippen LogP) is 2.54. The number of rotatable bonds is 0. The molecule has 0 radical (unpaired) electrons. The molecular weight excluding hydrogens is 160 g/mol. The van der Waals surface area contributed by atoms with Crippen LogP contribution in [-0.2, 0) is 6.54 Å². The number of nitrogens with zero attached hydrogens (tertiary/aromatic N) is 2. The molecule has 2 heterocycles. The Labute approximate surface area is 77.2 Å². The van der Waals surface area contributed by atoms with Gasteiger partial charge in [0, 0.05) is 6.54 Å². The molecule has 1 atom stereocenters. The molecule has 1 aromatic carbocycles. The molecule has 66 valence electrons. The van der Waals surface area contributed by atoms with Crippen LogP contribution in [0.1, 0.15) is 24.8 Å². The molecule has 1 aromatic heterocycles. The summed E-state index contributed by atoms with van der Waals surface area (Å²) < 4.78 is 2.27. The van der Waals surface area contributed by atoms with Gasteiger partial charge in [-0.25, -0.2) is 4.98 Å². The molecule has 0 saturated heterocycles. The summed E-state index contributed by atoms with van der Waals surface area (Å²) in [5.74, 6) is 0.688. The summed E-state index contributed by atoms with van der Waals surface area (Å²) in [5, 5.41) is 0. The van der Waals surface area contributed by atoms with E-state index in [2.05, 4.69) is 34.7 Å². The quantitative estimate of drug-likeness (QED) is 0.597. The minimum atomic E-state index is 0.688. The molecule has 2 nitrogen and oxygen atoms in total. The van der Waals surface area contributed by atoms with Crippen LogP contribution in [-0.4, -0.2) is 9.55 Å². The van der Waals surface area contributed by atoms with Gasteiger partial charge in [-0.05, 0) is 24.0 Å². The molecular formula is C11H12N2. The minimum Gasteiger partial charge on any atom is -0.330 e. The SMILES string of the molecule is C[C@H]1CCn2cnc3cccc1c32. The number of benzene rings is 1. The zero-order chi connectivity index (χ0) is 8.84. The van der Waals surface area contributed by atoms with Crippen molar-refractivity contribution in [3.8, 4) is 0 Å². The standard InChI is InChI=1S/C11H12N2/c1-8-5-6-13-7-12-10-4-2-3-9(8)11(10)13/h2-4,7-8H,5-6H2,1H3/t8-/m0/s1. The Hall–Kier alpha value is -1.31. The van der Waals surface area contributed by atoms with E-state index >= 15 is 0 Å². The molecule has 0 aliphatic carbocycles. The third-order valence-corrected chi connectivity index (χ3v) is 3.00. The lowest BCUT2D eigenvalue weighted by molar-refractivity contribution is 0.560. The minimum absolute atomic E-state index is 0.688. The zero-order valence-electron chi connectivity index (χ0n) is 7.70. The average molecular weight is 172 g/mol. The van der Waals surface area contributed by atoms with Crippen molar-refractivity contribution >= 4 is 11.0 Å². The van der Waals surface area contributed by atoms with Gasteiger partial charge in [-0.15, -0.1) is 0 Å². The van der Waals surface area contributed by atoms with Gasteiger partial charge in [0.2, 0.25) is 0 Å². The lowest BCUT2D eigenvalue weighted by Gasteiger charge is -2.20. The van der Waals surface area contributed by atoms with E-state index in [-0.39, 0.29) is 0 Å². The summed E-state index contributed by atoms with van der Waals surface area (Å²) in [6, 6.07) is 6.43. The molecule has 2 heteroatoms. The van der Waals surface area contributed by atoms with Gasteiger partial charge in [-0.1, -0.05) is 19.1 Å². The summed E-state index contributed by atoms with van der Waals surface area (Å²) in [6.45, 7) is 3.42. The Morgan fingerprint density at radius 1 is 1.46 bits per heavy atom. The number of aromatic nitrogens is 2. The van der Waals surface area contributed by atoms with Crippen LogP contribution in [0.3, 0.4) is 0 Å². The van der Waals surface area contributed by atoms with E-state index in [1.54, 1.807) is 0 Å². The van der Waals surface area contributed by atoms with Gasteiger partial charge in [-0.3, -0.25) is 0 Å². The van der Waals surface area contributed by atoms with E-state index in [4.69, 9.17) is 0 Å². The topological polar surface area (TPSA) is 17.8 Å². The number of hydrogen-bond donors (Lipinski definition) is 0. The van der Waals surface area contributed by atoms with E-state index in [9.17, 15) is 0 Å². The van der Waals surface area contributed by atoms with Crippen LogP contribution in [0.2, 0.25) is 0 Å². The number of aryl methyl sites for hydroxylation is 1. The Morgan fingerprint density at radius 3 is 3.31 bits per heavy atom. The fourth-order valence-corrected chi connectivity index (χ4v) is 2.21. The molecule has 0 fully saturated rings. The highest BCUT2D eigenvalue weighted by atomic mass is 15.0. The van der Waals surface area contributed by atoms with Crippen molar-refractivity contribution in [2.45, 2.75) is 25.8 Å². The fourth-order valence-electron chi connectivity index (χ4n) is 2.21. The lowest BCUT2D eigenvalue weighted by atomic mass is 9.94. The Bertz CT molecular complexity index is 456. The van der Waals surface area contributed by atoms with E-state index in [0.717, 1.165) is 12.1 Å². The molecule has 0 spiro atoms. The summed E-state index contributed by atoms with van der Waals surface area (Å²) in [4.78, 5) is 4.39. The summed E-state index contributed by atoms with van der Waals surface area (Å²) in [6.07, 6.45) is 3.20. The van der Waals surface area contributed by atoms with Crippen molar-refractivity contribution in [3.05, 3.63) is 30.1 Å². The van der Waals surface area contributed by atoms with Gasteiger partial charge < -0.3 is 4.57 Å². The second kappa shape index (κ2) is 2.34. The monoisotopic (exact) mass is 172 g/mol. The largest absolute Gasteiger partial charge is 0.330 e. The lowest BCUT2D eigenvalue weighted by Crippen LogP contribution is -2.09. The van der Waals surface area contributed by atoms with Gasteiger partial charge in [0.05, 0.1) is 17.4 Å². The van der Waals surface area contributed by atoms with Crippen molar-refractivity contribution in [2.75, 3.05) is 0 Å². The molecule has 2 aromatic rings. The van der Waals surface area contributed by atoms with Crippen molar-refractivity contribution in [3.63, 3.8) is 0 Å². The van der Waals surface area contributed by atoms with Crippen LogP contribution >= 0.6 is 0 Å². The van der Waals surface area contributed by atoms with Crippen LogP contribution in [0.25, 0.3) is 11.0 Å². The number of para-hydroxylation sites is 1. The highest BCUT2D eigenvalue weighted by Crippen LogP contribution is 2.31. The Morgan fingerprint density at radius 2 is 2.38 bits per heavy atom. The summed E-state index contributed by atoms with van der Waals surface area (Å²) >= 11 is 0. The second-order valence-electron chi connectivity index (χ2n) is 3.84. The Balaban J connectivity index is 2.45. The molecule has 0 bridgehead atoms. The van der Waals surface area contributed by atoms with E-state index in [0.29, 0.717) is 5.92 Å². The molecule has 3 rings (SSSR count). The molecule has 0 N–H and O–H groups in total. The third kappa shape index (κ3) is 0.857. The zero-order valence-corrected chi connectivity index (χ0v) is 7.70. The molecule has 1 aliphatic rings. The van der Waals surface area contributed by atoms with Crippen molar-refractivity contribution < 1.29 is 0 Å². The first-order valence-corrected chi connectivity index (χ1v) is 4.80. The first-order chi connectivity index (χ1) is 6.36. The van der Waals surface area contributed by atoms with E-state index < -0.39 is 0 Å². The van der Waals surface area contributed by atoms with Crippen molar-refractivity contribution in [1.29, 1.82) is 0 Å². The normalized spacial score (nSPS) is 20.8. The first-order valence-electron chi connectivity index (χ1n) is 4.80. The van der Waals surface area contributed by atoms with Gasteiger partial charge in [0.1, 0.15) is 0 Å². The molecule has 0 amide bonds. The molecule has 0 saturated carbocycles. The number of imidazole rings is 1. The second-order valence-corrected chi connectivity index (χ2v) is 3.84. The van der Waals surface area contributed by atoms with Gasteiger partial charge >= 0.3 is 0 Å². The number of hydrogen-bond acceptors (Lipinski definition) is 1. The first kappa shape index (κ1) is 7.13. The molecule has 1 aliphatic heterocycles. The maximum atomic E-state index is 4.39. The Kier molecular flexibility index (Phi) is 1.29. The van der Waals surface area contributed by atoms with Crippen LogP contribution in [0, 0.1) is 0 Å². The third-order valence-electron chi connectivity index (χ3n) is 3.00. The summed E-state index contributed by atoms with van der Waals surface area (Å²) in [5.41, 5.74) is 3.95. The maximum absolute atomic E-state index is 4.39. The smallest absolute Gasteiger partial charge is 0.0958 e. The maximum Gasteiger partial charge on any atom is 0.0958 e. The average Bonchev–Trinajstić information content (AvgIpc) is 2.57. The van der Waals surface area contributed by atoms with Crippen molar-refractivity contribution in [2.24, 2.45) is 0 Å². The molecule has 0 unspecified atom stereocenters. The molecule has 13 heavy (non-hydrogen) atoms. The van der Waals surface area contributed by atoms with Crippen LogP contribution < -0.4 is 0 Å². The van der Waals surface area contributed by atoms with Crippen molar-refractivity contribution in [1.82, 2.24) is 9.55 Å². The van der Waals surface area contributed by atoms with Gasteiger partial charge in [-0.2, -0.15) is 0 Å². The highest BCUT2D eigenvalue weighted by Gasteiger charge is 2.17. The van der Waals surface area contributed by atoms with Crippen LogP contribution in [0.5, 0.6) is 0 Å².